The van der Waals surface area contributed by atoms with Crippen molar-refractivity contribution in [3.8, 4) is 5.75 Å². The summed E-state index contributed by atoms with van der Waals surface area (Å²) in [4.78, 5) is 13.9. The fraction of sp³-hybridized carbons (Fsp3) is 0.321. The van der Waals surface area contributed by atoms with E-state index in [4.69, 9.17) is 4.74 Å². The maximum absolute atomic E-state index is 11.7. The van der Waals surface area contributed by atoms with E-state index in [1.165, 1.54) is 50.8 Å². The predicted octanol–water partition coefficient (Wildman–Crippen LogP) is 7.26. The number of anilines is 4. The second-order valence-electron chi connectivity index (χ2n) is 8.83. The molecule has 4 rings (SSSR count). The molecule has 0 unspecified atom stereocenters. The normalized spacial score (nSPS) is 14.0. The Labute approximate surface area is 196 Å². The van der Waals surface area contributed by atoms with Gasteiger partial charge in [-0.1, -0.05) is 31.4 Å². The number of hydrogen-bond acceptors (Lipinski definition) is 4. The molecule has 172 valence electrons. The summed E-state index contributed by atoms with van der Waals surface area (Å²) in [5.41, 5.74) is 6.29. The molecule has 3 aromatic carbocycles. The van der Waals surface area contributed by atoms with Crippen LogP contribution in [0.2, 0.25) is 0 Å². The molecule has 0 heterocycles. The van der Waals surface area contributed by atoms with E-state index >= 15 is 0 Å². The van der Waals surface area contributed by atoms with Crippen molar-refractivity contribution in [1.29, 1.82) is 0 Å². The maximum Gasteiger partial charge on any atom is 0.337 e. The van der Waals surface area contributed by atoms with Gasteiger partial charge in [0.05, 0.1) is 18.4 Å². The molecule has 0 aliphatic heterocycles. The molecule has 0 saturated heterocycles. The quantitative estimate of drug-likeness (QED) is 0.401. The molecule has 0 aromatic heterocycles. The number of nitrogens with zero attached hydrogens (tertiary/aromatic N) is 1. The Morgan fingerprint density at radius 2 is 1.61 bits per heavy atom. The third-order valence-corrected chi connectivity index (χ3v) is 6.68. The summed E-state index contributed by atoms with van der Waals surface area (Å²) in [5.74, 6) is 0.225. The molecule has 5 nitrogen and oxygen atoms in total. The lowest BCUT2D eigenvalue weighted by Crippen LogP contribution is -2.11. The Balaban J connectivity index is 1.51. The molecule has 1 aliphatic rings. The monoisotopic (exact) mass is 444 g/mol. The average molecular weight is 445 g/mol. The highest BCUT2D eigenvalue weighted by atomic mass is 16.5. The summed E-state index contributed by atoms with van der Waals surface area (Å²) >= 11 is 0. The first-order valence-electron chi connectivity index (χ1n) is 11.6. The van der Waals surface area contributed by atoms with Gasteiger partial charge in [-0.2, -0.15) is 0 Å². The number of carboxylic acids is 1. The van der Waals surface area contributed by atoms with Crippen LogP contribution in [0.5, 0.6) is 5.75 Å². The highest BCUT2D eigenvalue weighted by Crippen LogP contribution is 2.35. The molecular formula is C28H32N2O3. The Morgan fingerprint density at radius 1 is 0.939 bits per heavy atom. The largest absolute Gasteiger partial charge is 0.497 e. The van der Waals surface area contributed by atoms with E-state index in [-0.39, 0.29) is 5.56 Å². The topological polar surface area (TPSA) is 61.8 Å². The second-order valence-corrected chi connectivity index (χ2v) is 8.83. The molecular weight excluding hydrogens is 412 g/mol. The lowest BCUT2D eigenvalue weighted by molar-refractivity contribution is 0.0697. The Hall–Kier alpha value is -3.47. The molecule has 0 radical (unpaired) electrons. The summed E-state index contributed by atoms with van der Waals surface area (Å²) in [7, 11) is 3.60. The zero-order valence-electron chi connectivity index (χ0n) is 19.6. The molecule has 0 spiro atoms. The number of methoxy groups -OCH3 is 1. The Bertz CT molecular complexity index is 1120. The maximum atomic E-state index is 11.7. The molecule has 1 fully saturated rings. The van der Waals surface area contributed by atoms with Gasteiger partial charge in [0.2, 0.25) is 0 Å². The molecule has 5 heteroatoms. The lowest BCUT2D eigenvalue weighted by atomic mass is 9.84. The first-order chi connectivity index (χ1) is 16.0. The van der Waals surface area contributed by atoms with Crippen molar-refractivity contribution in [2.45, 2.75) is 44.9 Å². The van der Waals surface area contributed by atoms with Crippen molar-refractivity contribution in [3.63, 3.8) is 0 Å². The minimum absolute atomic E-state index is 0.174. The van der Waals surface area contributed by atoms with Crippen LogP contribution < -0.4 is 15.0 Å². The summed E-state index contributed by atoms with van der Waals surface area (Å²) in [6, 6.07) is 20.1. The number of hydrogen-bond donors (Lipinski definition) is 2. The van der Waals surface area contributed by atoms with Crippen LogP contribution >= 0.6 is 0 Å². The molecule has 33 heavy (non-hydrogen) atoms. The summed E-state index contributed by atoms with van der Waals surface area (Å²) in [5, 5.41) is 12.8. The molecule has 2 N–H and O–H groups in total. The van der Waals surface area contributed by atoms with Gasteiger partial charge in [-0.05, 0) is 85.3 Å². The van der Waals surface area contributed by atoms with Gasteiger partial charge in [0, 0.05) is 24.1 Å². The van der Waals surface area contributed by atoms with Gasteiger partial charge < -0.3 is 20.1 Å². The smallest absolute Gasteiger partial charge is 0.337 e. The molecule has 3 aromatic rings. The number of aromatic carboxylic acids is 1. The molecule has 1 saturated carbocycles. The van der Waals surface area contributed by atoms with Crippen LogP contribution in [0, 0.1) is 6.92 Å². The van der Waals surface area contributed by atoms with Crippen molar-refractivity contribution in [2.24, 2.45) is 0 Å². The minimum Gasteiger partial charge on any atom is -0.497 e. The second kappa shape index (κ2) is 9.99. The highest BCUT2D eigenvalue weighted by molar-refractivity contribution is 5.96. The van der Waals surface area contributed by atoms with Gasteiger partial charge in [0.15, 0.2) is 0 Å². The van der Waals surface area contributed by atoms with E-state index in [0.29, 0.717) is 17.4 Å². The van der Waals surface area contributed by atoms with Crippen molar-refractivity contribution < 1.29 is 14.6 Å². The number of rotatable bonds is 7. The lowest BCUT2D eigenvalue weighted by Gasteiger charge is -2.24. The predicted molar refractivity (Wildman–Crippen MR) is 135 cm³/mol. The van der Waals surface area contributed by atoms with Crippen LogP contribution in [0.3, 0.4) is 0 Å². The van der Waals surface area contributed by atoms with Gasteiger partial charge in [-0.25, -0.2) is 4.79 Å². The number of benzene rings is 3. The number of carboxylic acid groups (broad SMARTS) is 1. The molecule has 0 atom stereocenters. The SMILES string of the molecule is COc1ccc(Nc2ccc(N(C)c3ccc(C4CCCCC4)cc3)cc2C)c(C(=O)O)c1. The van der Waals surface area contributed by atoms with E-state index in [0.717, 1.165) is 22.6 Å². The van der Waals surface area contributed by atoms with Crippen molar-refractivity contribution in [1.82, 2.24) is 0 Å². The van der Waals surface area contributed by atoms with Crippen molar-refractivity contribution in [3.05, 3.63) is 77.4 Å². The van der Waals surface area contributed by atoms with E-state index in [1.807, 2.05) is 19.1 Å². The minimum atomic E-state index is -0.998. The van der Waals surface area contributed by atoms with Crippen molar-refractivity contribution in [2.75, 3.05) is 24.4 Å². The van der Waals surface area contributed by atoms with E-state index in [9.17, 15) is 9.90 Å². The van der Waals surface area contributed by atoms with E-state index in [2.05, 4.69) is 47.6 Å². The van der Waals surface area contributed by atoms with Gasteiger partial charge >= 0.3 is 5.97 Å². The highest BCUT2D eigenvalue weighted by Gasteiger charge is 2.16. The summed E-state index contributed by atoms with van der Waals surface area (Å²) in [6.45, 7) is 2.02. The van der Waals surface area contributed by atoms with Crippen LogP contribution in [0.4, 0.5) is 22.7 Å². The first-order valence-corrected chi connectivity index (χ1v) is 11.6. The van der Waals surface area contributed by atoms with Crippen LogP contribution in [0.15, 0.2) is 60.7 Å². The van der Waals surface area contributed by atoms with Gasteiger partial charge in [-0.15, -0.1) is 0 Å². The van der Waals surface area contributed by atoms with Crippen LogP contribution in [0.25, 0.3) is 0 Å². The van der Waals surface area contributed by atoms with Gasteiger partial charge in [-0.3, -0.25) is 0 Å². The van der Waals surface area contributed by atoms with Crippen LogP contribution in [-0.2, 0) is 0 Å². The number of ether oxygens (including phenoxy) is 1. The number of aryl methyl sites for hydroxylation is 1. The molecule has 0 bridgehead atoms. The standard InChI is InChI=1S/C28H32N2O3/c1-19-17-23(30(2)22-11-9-21(10-12-22)20-7-5-4-6-8-20)13-15-26(19)29-27-16-14-24(33-3)18-25(27)28(31)32/h9-18,20,29H,4-8H2,1-3H3,(H,31,32). The van der Waals surface area contributed by atoms with E-state index < -0.39 is 5.97 Å². The van der Waals surface area contributed by atoms with Crippen LogP contribution in [-0.4, -0.2) is 25.2 Å². The zero-order chi connectivity index (χ0) is 23.4. The van der Waals surface area contributed by atoms with Gasteiger partial charge in [0.1, 0.15) is 5.75 Å². The number of nitrogens with one attached hydrogen (secondary N) is 1. The summed E-state index contributed by atoms with van der Waals surface area (Å²) < 4.78 is 5.16. The summed E-state index contributed by atoms with van der Waals surface area (Å²) in [6.07, 6.45) is 6.67. The number of carbonyl (C=O) groups is 1. The molecule has 1 aliphatic carbocycles. The third kappa shape index (κ3) is 5.14. The Morgan fingerprint density at radius 3 is 2.24 bits per heavy atom. The van der Waals surface area contributed by atoms with Crippen molar-refractivity contribution >= 4 is 28.7 Å². The van der Waals surface area contributed by atoms with E-state index in [1.54, 1.807) is 12.1 Å². The zero-order valence-corrected chi connectivity index (χ0v) is 19.6. The fourth-order valence-electron chi connectivity index (χ4n) is 4.63. The fourth-order valence-corrected chi connectivity index (χ4v) is 4.63. The molecule has 0 amide bonds. The Kier molecular flexibility index (Phi) is 6.87. The first kappa shape index (κ1) is 22.7. The average Bonchev–Trinajstić information content (AvgIpc) is 2.85. The third-order valence-electron chi connectivity index (χ3n) is 6.68. The van der Waals surface area contributed by atoms with Crippen LogP contribution in [0.1, 0.15) is 59.5 Å². The van der Waals surface area contributed by atoms with Gasteiger partial charge in [0.25, 0.3) is 0 Å².